The van der Waals surface area contributed by atoms with Gasteiger partial charge in [-0.15, -0.1) is 0 Å². The Kier molecular flexibility index (Phi) is 6.97. The van der Waals surface area contributed by atoms with Gasteiger partial charge in [-0.05, 0) is 73.5 Å². The summed E-state index contributed by atoms with van der Waals surface area (Å²) in [5, 5.41) is 3.78. The summed E-state index contributed by atoms with van der Waals surface area (Å²) in [6.07, 6.45) is 0. The predicted molar refractivity (Wildman–Crippen MR) is 177 cm³/mol. The first-order valence-corrected chi connectivity index (χ1v) is 16.0. The Morgan fingerprint density at radius 2 is 0.771 bits per heavy atom. The van der Waals surface area contributed by atoms with E-state index in [1.807, 2.05) is 72.4 Å². The number of aryl methyl sites for hydroxylation is 2. The van der Waals surface area contributed by atoms with Crippen LogP contribution in [0.15, 0.2) is 97.1 Å². The van der Waals surface area contributed by atoms with E-state index in [9.17, 15) is 19.2 Å². The lowest BCUT2D eigenvalue weighted by molar-refractivity contribution is -0.136. The van der Waals surface area contributed by atoms with Crippen LogP contribution in [0.2, 0.25) is 0 Å². The average molecular weight is 643 g/mol. The molecule has 10 heteroatoms. The van der Waals surface area contributed by atoms with Crippen molar-refractivity contribution in [2.45, 2.75) is 38.0 Å². The van der Waals surface area contributed by atoms with Crippen LogP contribution >= 0.6 is 0 Å². The summed E-state index contributed by atoms with van der Waals surface area (Å²) < 4.78 is 10.6. The highest BCUT2D eigenvalue weighted by atomic mass is 16.5. The number of hydrogen-bond donors (Lipinski definition) is 0. The third-order valence-corrected chi connectivity index (χ3v) is 10.2. The van der Waals surface area contributed by atoms with E-state index in [2.05, 4.69) is 0 Å². The van der Waals surface area contributed by atoms with Gasteiger partial charge in [0.25, 0.3) is 11.8 Å². The summed E-state index contributed by atoms with van der Waals surface area (Å²) in [6, 6.07) is 26.1. The van der Waals surface area contributed by atoms with Gasteiger partial charge in [-0.2, -0.15) is 0 Å². The molecule has 4 aliphatic rings. The average Bonchev–Trinajstić information content (AvgIpc) is 3.77. The Morgan fingerprint density at radius 3 is 1.08 bits per heavy atom. The van der Waals surface area contributed by atoms with Gasteiger partial charge in [0.15, 0.2) is 0 Å². The number of ether oxygens (including phenoxy) is 2. The van der Waals surface area contributed by atoms with Gasteiger partial charge in [-0.1, -0.05) is 59.7 Å². The molecule has 0 saturated carbocycles. The van der Waals surface area contributed by atoms with Crippen molar-refractivity contribution in [3.8, 4) is 11.5 Å². The van der Waals surface area contributed by atoms with E-state index in [-0.39, 0.29) is 11.8 Å². The lowest BCUT2D eigenvalue weighted by Crippen LogP contribution is -2.50. The van der Waals surface area contributed by atoms with Crippen LogP contribution in [0.25, 0.3) is 0 Å². The summed E-state index contributed by atoms with van der Waals surface area (Å²) >= 11 is 0. The van der Waals surface area contributed by atoms with E-state index in [1.54, 1.807) is 62.8 Å². The number of nitrogens with zero attached hydrogens (tertiary/aromatic N) is 4. The minimum absolute atomic E-state index is 0.349. The largest absolute Gasteiger partial charge is 0.497 e. The summed E-state index contributed by atoms with van der Waals surface area (Å²) in [6.45, 7) is 3.96. The summed E-state index contributed by atoms with van der Waals surface area (Å²) in [5.41, 5.74) is 4.54. The zero-order valence-electron chi connectivity index (χ0n) is 26.9. The second kappa shape index (κ2) is 11.1. The van der Waals surface area contributed by atoms with Gasteiger partial charge in [-0.25, -0.2) is 19.8 Å². The zero-order chi connectivity index (χ0) is 33.4. The molecule has 4 fully saturated rings. The molecule has 4 amide bonds. The lowest BCUT2D eigenvalue weighted by atomic mass is 9.84. The number of benzene rings is 4. The first-order valence-electron chi connectivity index (χ1n) is 16.0. The van der Waals surface area contributed by atoms with E-state index in [0.717, 1.165) is 22.3 Å². The molecular formula is C38H34N4O6. The van der Waals surface area contributed by atoms with E-state index < -0.39 is 47.8 Å². The van der Waals surface area contributed by atoms with Crippen LogP contribution in [0.5, 0.6) is 11.5 Å². The first kappa shape index (κ1) is 30.0. The van der Waals surface area contributed by atoms with Crippen molar-refractivity contribution in [1.29, 1.82) is 0 Å². The molecule has 8 rings (SSSR count). The van der Waals surface area contributed by atoms with Crippen molar-refractivity contribution in [3.63, 3.8) is 0 Å². The van der Waals surface area contributed by atoms with Crippen molar-refractivity contribution in [2.75, 3.05) is 24.0 Å². The van der Waals surface area contributed by atoms with Crippen LogP contribution in [-0.2, 0) is 19.2 Å². The Labute approximate surface area is 278 Å². The molecule has 4 aliphatic heterocycles. The molecule has 48 heavy (non-hydrogen) atoms. The monoisotopic (exact) mass is 642 g/mol. The summed E-state index contributed by atoms with van der Waals surface area (Å²) in [7, 11) is 3.11. The molecule has 0 aromatic heterocycles. The predicted octanol–water partition coefficient (Wildman–Crippen LogP) is 4.77. The number of hydrogen-bond acceptors (Lipinski definition) is 8. The fourth-order valence-corrected chi connectivity index (χ4v) is 8.00. The normalized spacial score (nSPS) is 26.7. The van der Waals surface area contributed by atoms with Gasteiger partial charge in [-0.3, -0.25) is 19.2 Å². The molecule has 0 aliphatic carbocycles. The maximum atomic E-state index is 14.6. The molecule has 6 unspecified atom stereocenters. The van der Waals surface area contributed by atoms with Crippen LogP contribution in [-0.4, -0.2) is 59.9 Å². The van der Waals surface area contributed by atoms with Crippen molar-refractivity contribution < 1.29 is 28.7 Å². The molecule has 10 nitrogen and oxygen atoms in total. The van der Waals surface area contributed by atoms with Crippen molar-refractivity contribution >= 4 is 35.0 Å². The minimum Gasteiger partial charge on any atom is -0.497 e. The summed E-state index contributed by atoms with van der Waals surface area (Å²) in [5.74, 6) is -1.92. The number of carbonyl (C=O) groups excluding carboxylic acids is 4. The number of carbonyl (C=O) groups is 4. The number of fused-ring (bicyclic) bond motifs is 5. The van der Waals surface area contributed by atoms with E-state index >= 15 is 0 Å². The van der Waals surface area contributed by atoms with Gasteiger partial charge in [0.1, 0.15) is 23.6 Å². The van der Waals surface area contributed by atoms with Gasteiger partial charge in [0.05, 0.1) is 49.5 Å². The topological polar surface area (TPSA) is 99.7 Å². The molecule has 0 spiro atoms. The number of imide groups is 2. The van der Waals surface area contributed by atoms with Gasteiger partial charge < -0.3 is 9.47 Å². The van der Waals surface area contributed by atoms with Crippen LogP contribution in [0.4, 0.5) is 11.4 Å². The SMILES string of the molecule is COc1ccc(N2C(=O)C3C(C2=O)N2C(c4ccc(C)cc4)C4C(=O)N(c5ccc(OC)cc5)C(=O)C4N2C3c2ccc(C)cc2)cc1. The second-order valence-corrected chi connectivity index (χ2v) is 12.8. The van der Waals surface area contributed by atoms with Crippen molar-refractivity contribution in [2.24, 2.45) is 11.8 Å². The van der Waals surface area contributed by atoms with Crippen LogP contribution < -0.4 is 19.3 Å². The highest BCUT2D eigenvalue weighted by Crippen LogP contribution is 2.59. The van der Waals surface area contributed by atoms with E-state index in [0.29, 0.717) is 22.9 Å². The third kappa shape index (κ3) is 4.26. The Balaban J connectivity index is 1.30. The number of rotatable bonds is 6. The first-order chi connectivity index (χ1) is 23.2. The number of anilines is 2. The highest BCUT2D eigenvalue weighted by Gasteiger charge is 2.73. The molecular weight excluding hydrogens is 608 g/mol. The number of methoxy groups -OCH3 is 2. The molecule has 242 valence electrons. The molecule has 0 radical (unpaired) electrons. The molecule has 0 N–H and O–H groups in total. The van der Waals surface area contributed by atoms with Gasteiger partial charge in [0.2, 0.25) is 11.8 Å². The lowest BCUT2D eigenvalue weighted by Gasteiger charge is -2.35. The molecule has 0 bridgehead atoms. The second-order valence-electron chi connectivity index (χ2n) is 12.8. The molecule has 4 aromatic rings. The smallest absolute Gasteiger partial charge is 0.253 e. The van der Waals surface area contributed by atoms with E-state index in [1.165, 1.54) is 9.80 Å². The fourth-order valence-electron chi connectivity index (χ4n) is 8.00. The van der Waals surface area contributed by atoms with Crippen LogP contribution in [0, 0.1) is 25.7 Å². The van der Waals surface area contributed by atoms with Crippen LogP contribution in [0.1, 0.15) is 34.3 Å². The number of amides is 4. The van der Waals surface area contributed by atoms with Gasteiger partial charge >= 0.3 is 0 Å². The van der Waals surface area contributed by atoms with E-state index in [4.69, 9.17) is 9.47 Å². The fraction of sp³-hybridized carbons (Fsp3) is 0.263. The standard InChI is InChI=1S/C38H34N4O6/c1-21-5-9-23(10-6-21)31-29-33(37(45)39(35(29)43)25-13-17-27(47-3)18-14-25)42-32(24-11-7-22(2)8-12-24)30-34(41(31)42)38(46)40(36(30)44)26-15-19-28(48-4)20-16-26/h5-20,29-34H,1-4H3. The molecule has 4 heterocycles. The van der Waals surface area contributed by atoms with Crippen LogP contribution in [0.3, 0.4) is 0 Å². The maximum absolute atomic E-state index is 14.6. The Hall–Kier alpha value is -5.32. The summed E-state index contributed by atoms with van der Waals surface area (Å²) in [4.78, 5) is 60.8. The number of hydrazine groups is 1. The maximum Gasteiger partial charge on any atom is 0.253 e. The molecule has 6 atom stereocenters. The quantitative estimate of drug-likeness (QED) is 0.278. The van der Waals surface area contributed by atoms with Crippen molar-refractivity contribution in [3.05, 3.63) is 119 Å². The third-order valence-electron chi connectivity index (χ3n) is 10.2. The van der Waals surface area contributed by atoms with Crippen molar-refractivity contribution in [1.82, 2.24) is 10.0 Å². The molecule has 4 aromatic carbocycles. The Morgan fingerprint density at radius 1 is 0.438 bits per heavy atom. The minimum atomic E-state index is -0.933. The molecule has 4 saturated heterocycles. The Bertz CT molecular complexity index is 1800. The highest BCUT2D eigenvalue weighted by molar-refractivity contribution is 6.26. The van der Waals surface area contributed by atoms with Gasteiger partial charge in [0, 0.05) is 0 Å². The zero-order valence-corrected chi connectivity index (χ0v) is 26.9.